The molecule has 0 bridgehead atoms. The lowest BCUT2D eigenvalue weighted by molar-refractivity contribution is -0.123. The number of carbonyl (C=O) groups excluding carboxylic acids is 2. The Kier molecular flexibility index (Phi) is 5.46. The number of ether oxygens (including phenoxy) is 3. The molecule has 0 radical (unpaired) electrons. The Balaban J connectivity index is 1.68. The Morgan fingerprint density at radius 1 is 1.19 bits per heavy atom. The number of hydrogen-bond donors (Lipinski definition) is 1. The average Bonchev–Trinajstić information content (AvgIpc) is 2.63. The number of carbonyl (C=O) groups is 2. The van der Waals surface area contributed by atoms with Crippen LogP contribution in [0.15, 0.2) is 30.3 Å². The van der Waals surface area contributed by atoms with E-state index in [0.717, 1.165) is 12.1 Å². The number of hydrogen-bond acceptors (Lipinski definition) is 5. The van der Waals surface area contributed by atoms with Gasteiger partial charge in [-0.1, -0.05) is 11.6 Å². The zero-order chi connectivity index (χ0) is 19.6. The molecule has 27 heavy (non-hydrogen) atoms. The monoisotopic (exact) mass is 397 g/mol. The normalized spacial score (nSPS) is 13.6. The minimum absolute atomic E-state index is 0.0665. The molecule has 0 unspecified atom stereocenters. The summed E-state index contributed by atoms with van der Waals surface area (Å²) in [5, 5.41) is 2.40. The summed E-state index contributed by atoms with van der Waals surface area (Å²) in [6, 6.07) is 5.42. The van der Waals surface area contributed by atoms with E-state index < -0.39 is 29.6 Å². The molecule has 1 heterocycles. The lowest BCUT2D eigenvalue weighted by Gasteiger charge is -2.20. The Labute approximate surface area is 158 Å². The van der Waals surface area contributed by atoms with Gasteiger partial charge in [-0.3, -0.25) is 4.79 Å². The first-order chi connectivity index (χ1) is 12.8. The van der Waals surface area contributed by atoms with Crippen LogP contribution in [0, 0.1) is 11.6 Å². The summed E-state index contributed by atoms with van der Waals surface area (Å²) in [6.45, 7) is 1.96. The smallest absolute Gasteiger partial charge is 0.339 e. The standard InChI is InChI=1S/C18H14ClF2NO5/c1-9(17(23)22-14-3-2-11(20)8-13(14)21)27-18(24)10-6-12(19)16-15(7-10)25-4-5-26-16/h2-3,6-9H,4-5H2,1H3,(H,22,23)/t9-/m1/s1. The van der Waals surface area contributed by atoms with Gasteiger partial charge in [0, 0.05) is 6.07 Å². The van der Waals surface area contributed by atoms with Crippen LogP contribution in [0.1, 0.15) is 17.3 Å². The minimum Gasteiger partial charge on any atom is -0.486 e. The number of benzene rings is 2. The molecule has 0 spiro atoms. The summed E-state index contributed by atoms with van der Waals surface area (Å²) >= 11 is 6.06. The first-order valence-electron chi connectivity index (χ1n) is 7.91. The van der Waals surface area contributed by atoms with Crippen molar-refractivity contribution in [2.24, 2.45) is 0 Å². The van der Waals surface area contributed by atoms with Crippen molar-refractivity contribution in [1.82, 2.24) is 0 Å². The first-order valence-corrected chi connectivity index (χ1v) is 8.29. The van der Waals surface area contributed by atoms with E-state index in [1.54, 1.807) is 0 Å². The highest BCUT2D eigenvalue weighted by atomic mass is 35.5. The van der Waals surface area contributed by atoms with Crippen molar-refractivity contribution in [3.8, 4) is 11.5 Å². The summed E-state index contributed by atoms with van der Waals surface area (Å²) in [6.07, 6.45) is -1.24. The second-order valence-corrected chi connectivity index (χ2v) is 6.05. The van der Waals surface area contributed by atoms with Gasteiger partial charge in [0.25, 0.3) is 5.91 Å². The van der Waals surface area contributed by atoms with Gasteiger partial charge in [0.15, 0.2) is 17.6 Å². The number of halogens is 3. The maximum atomic E-state index is 13.6. The quantitative estimate of drug-likeness (QED) is 0.798. The largest absolute Gasteiger partial charge is 0.486 e. The van der Waals surface area contributed by atoms with Crippen molar-refractivity contribution >= 4 is 29.2 Å². The zero-order valence-electron chi connectivity index (χ0n) is 14.1. The van der Waals surface area contributed by atoms with E-state index in [2.05, 4.69) is 5.32 Å². The predicted octanol–water partition coefficient (Wildman–Crippen LogP) is 3.57. The molecule has 2 aromatic carbocycles. The van der Waals surface area contributed by atoms with Crippen LogP contribution in [0.2, 0.25) is 5.02 Å². The fourth-order valence-corrected chi connectivity index (χ4v) is 2.60. The van der Waals surface area contributed by atoms with Gasteiger partial charge in [0.1, 0.15) is 24.8 Å². The van der Waals surface area contributed by atoms with Crippen molar-refractivity contribution in [3.05, 3.63) is 52.6 Å². The number of rotatable bonds is 4. The maximum Gasteiger partial charge on any atom is 0.339 e. The van der Waals surface area contributed by atoms with Gasteiger partial charge in [0.05, 0.1) is 16.3 Å². The topological polar surface area (TPSA) is 73.9 Å². The number of anilines is 1. The van der Waals surface area contributed by atoms with Crippen LogP contribution in [-0.4, -0.2) is 31.2 Å². The van der Waals surface area contributed by atoms with Gasteiger partial charge >= 0.3 is 5.97 Å². The van der Waals surface area contributed by atoms with E-state index in [9.17, 15) is 18.4 Å². The van der Waals surface area contributed by atoms with E-state index in [4.69, 9.17) is 25.8 Å². The summed E-state index contributed by atoms with van der Waals surface area (Å²) in [5.41, 5.74) is -0.163. The highest BCUT2D eigenvalue weighted by Crippen LogP contribution is 2.38. The number of fused-ring (bicyclic) bond motifs is 1. The third-order valence-electron chi connectivity index (χ3n) is 3.67. The maximum absolute atomic E-state index is 13.6. The van der Waals surface area contributed by atoms with E-state index in [0.29, 0.717) is 30.8 Å². The van der Waals surface area contributed by atoms with Gasteiger partial charge in [0.2, 0.25) is 0 Å². The minimum atomic E-state index is -1.24. The molecular weight excluding hydrogens is 384 g/mol. The summed E-state index contributed by atoms with van der Waals surface area (Å²) in [7, 11) is 0. The van der Waals surface area contributed by atoms with Crippen LogP contribution in [0.25, 0.3) is 0 Å². The van der Waals surface area contributed by atoms with Crippen LogP contribution < -0.4 is 14.8 Å². The summed E-state index contributed by atoms with van der Waals surface area (Å²) in [5.74, 6) is -2.70. The molecule has 0 aliphatic carbocycles. The Bertz CT molecular complexity index is 906. The third-order valence-corrected chi connectivity index (χ3v) is 3.96. The molecule has 142 valence electrons. The molecular formula is C18H14ClF2NO5. The Hall–Kier alpha value is -2.87. The molecule has 1 aliphatic rings. The molecule has 0 fully saturated rings. The van der Waals surface area contributed by atoms with Crippen molar-refractivity contribution in [1.29, 1.82) is 0 Å². The summed E-state index contributed by atoms with van der Waals surface area (Å²) in [4.78, 5) is 24.4. The second-order valence-electron chi connectivity index (χ2n) is 5.64. The van der Waals surface area contributed by atoms with Gasteiger partial charge in [-0.05, 0) is 31.2 Å². The highest BCUT2D eigenvalue weighted by Gasteiger charge is 2.23. The number of esters is 1. The van der Waals surface area contributed by atoms with Crippen LogP contribution in [0.3, 0.4) is 0 Å². The average molecular weight is 398 g/mol. The molecule has 0 aromatic heterocycles. The molecule has 0 saturated heterocycles. The van der Waals surface area contributed by atoms with Gasteiger partial charge in [-0.25, -0.2) is 13.6 Å². The lowest BCUT2D eigenvalue weighted by Crippen LogP contribution is -2.30. The van der Waals surface area contributed by atoms with Crippen molar-refractivity contribution in [2.45, 2.75) is 13.0 Å². The first kappa shape index (κ1) is 18.9. The predicted molar refractivity (Wildman–Crippen MR) is 92.3 cm³/mol. The SMILES string of the molecule is C[C@@H](OC(=O)c1cc(Cl)c2c(c1)OCCO2)C(=O)Nc1ccc(F)cc1F. The van der Waals surface area contributed by atoms with E-state index >= 15 is 0 Å². The Morgan fingerprint density at radius 2 is 1.93 bits per heavy atom. The van der Waals surface area contributed by atoms with E-state index in [1.165, 1.54) is 19.1 Å². The number of nitrogens with one attached hydrogen (secondary N) is 1. The molecule has 1 amide bonds. The summed E-state index contributed by atoms with van der Waals surface area (Å²) < 4.78 is 42.3. The molecule has 9 heteroatoms. The van der Waals surface area contributed by atoms with Gasteiger partial charge < -0.3 is 19.5 Å². The molecule has 1 atom stereocenters. The molecule has 2 aromatic rings. The molecule has 3 rings (SSSR count). The van der Waals surface area contributed by atoms with Gasteiger partial charge in [-0.2, -0.15) is 0 Å². The van der Waals surface area contributed by atoms with Crippen molar-refractivity contribution in [2.75, 3.05) is 18.5 Å². The van der Waals surface area contributed by atoms with Gasteiger partial charge in [-0.15, -0.1) is 0 Å². The molecule has 0 saturated carbocycles. The van der Waals surface area contributed by atoms with E-state index in [-0.39, 0.29) is 16.3 Å². The van der Waals surface area contributed by atoms with Crippen LogP contribution >= 0.6 is 11.6 Å². The third kappa shape index (κ3) is 4.28. The molecule has 1 N–H and O–H groups in total. The van der Waals surface area contributed by atoms with E-state index in [1.807, 2.05) is 0 Å². The van der Waals surface area contributed by atoms with Crippen LogP contribution in [0.5, 0.6) is 11.5 Å². The van der Waals surface area contributed by atoms with Crippen LogP contribution in [-0.2, 0) is 9.53 Å². The molecule has 1 aliphatic heterocycles. The lowest BCUT2D eigenvalue weighted by atomic mass is 10.2. The fourth-order valence-electron chi connectivity index (χ4n) is 2.34. The molecule has 6 nitrogen and oxygen atoms in total. The van der Waals surface area contributed by atoms with Crippen molar-refractivity contribution in [3.63, 3.8) is 0 Å². The second kappa shape index (κ2) is 7.79. The van der Waals surface area contributed by atoms with Crippen LogP contribution in [0.4, 0.5) is 14.5 Å². The zero-order valence-corrected chi connectivity index (χ0v) is 14.8. The highest BCUT2D eigenvalue weighted by molar-refractivity contribution is 6.32. The fraction of sp³-hybridized carbons (Fsp3) is 0.222. The Morgan fingerprint density at radius 3 is 2.67 bits per heavy atom. The van der Waals surface area contributed by atoms with Crippen molar-refractivity contribution < 1.29 is 32.6 Å². The number of amides is 1.